The average Bonchev–Trinajstić information content (AvgIpc) is 2.27. The van der Waals surface area contributed by atoms with Crippen LogP contribution in [-0.2, 0) is 0 Å². The van der Waals surface area contributed by atoms with Crippen LogP contribution in [0.2, 0.25) is 0 Å². The fraction of sp³-hybridized carbons (Fsp3) is 0.562. The number of amides is 1. The maximum Gasteiger partial charge on any atom is 0.251 e. The molecule has 1 unspecified atom stereocenters. The van der Waals surface area contributed by atoms with Crippen LogP contribution in [0.1, 0.15) is 48.7 Å². The summed E-state index contributed by atoms with van der Waals surface area (Å²) in [6, 6.07) is 5.89. The van der Waals surface area contributed by atoms with Crippen molar-refractivity contribution < 1.29 is 4.79 Å². The normalized spacial score (nSPS) is 13.2. The maximum absolute atomic E-state index is 12.1. The molecule has 0 saturated carbocycles. The van der Waals surface area contributed by atoms with E-state index in [1.54, 1.807) is 0 Å². The minimum Gasteiger partial charge on any atom is -0.350 e. The Hall–Kier alpha value is -1.35. The van der Waals surface area contributed by atoms with Gasteiger partial charge in [0.05, 0.1) is 0 Å². The summed E-state index contributed by atoms with van der Waals surface area (Å²) in [4.78, 5) is 12.1. The third-order valence-corrected chi connectivity index (χ3v) is 3.04. The van der Waals surface area contributed by atoms with Gasteiger partial charge in [-0.15, -0.1) is 0 Å². The van der Waals surface area contributed by atoms with Crippen molar-refractivity contribution in [3.05, 3.63) is 34.9 Å². The highest BCUT2D eigenvalue weighted by Gasteiger charge is 2.17. The van der Waals surface area contributed by atoms with Crippen molar-refractivity contribution in [3.8, 4) is 0 Å². The van der Waals surface area contributed by atoms with Crippen LogP contribution in [0.25, 0.3) is 0 Å². The maximum atomic E-state index is 12.1. The third-order valence-electron chi connectivity index (χ3n) is 3.04. The number of carbonyl (C=O) groups is 1. The molecule has 0 aromatic heterocycles. The first-order valence-corrected chi connectivity index (χ1v) is 6.80. The van der Waals surface area contributed by atoms with E-state index >= 15 is 0 Å². The second kappa shape index (κ2) is 6.20. The van der Waals surface area contributed by atoms with Crippen LogP contribution < -0.4 is 11.1 Å². The smallest absolute Gasteiger partial charge is 0.251 e. The molecule has 19 heavy (non-hydrogen) atoms. The summed E-state index contributed by atoms with van der Waals surface area (Å²) in [7, 11) is 0. The van der Waals surface area contributed by atoms with Gasteiger partial charge < -0.3 is 11.1 Å². The van der Waals surface area contributed by atoms with Crippen LogP contribution >= 0.6 is 0 Å². The highest BCUT2D eigenvalue weighted by atomic mass is 16.1. The number of benzene rings is 1. The molecule has 1 aromatic carbocycles. The van der Waals surface area contributed by atoms with Gasteiger partial charge in [0.1, 0.15) is 0 Å². The molecule has 3 heteroatoms. The van der Waals surface area contributed by atoms with Gasteiger partial charge in [-0.2, -0.15) is 0 Å². The van der Waals surface area contributed by atoms with Gasteiger partial charge in [-0.25, -0.2) is 0 Å². The van der Waals surface area contributed by atoms with Crippen LogP contribution in [0.3, 0.4) is 0 Å². The Morgan fingerprint density at radius 2 is 1.95 bits per heavy atom. The largest absolute Gasteiger partial charge is 0.350 e. The Morgan fingerprint density at radius 3 is 2.53 bits per heavy atom. The lowest BCUT2D eigenvalue weighted by Crippen LogP contribution is -2.39. The van der Waals surface area contributed by atoms with Crippen molar-refractivity contribution >= 4 is 5.91 Å². The van der Waals surface area contributed by atoms with E-state index < -0.39 is 0 Å². The lowest BCUT2D eigenvalue weighted by Gasteiger charge is -2.23. The van der Waals surface area contributed by atoms with Crippen LogP contribution in [0.15, 0.2) is 18.2 Å². The van der Waals surface area contributed by atoms with Gasteiger partial charge in [0.2, 0.25) is 0 Å². The standard InChI is InChI=1S/C16H26N2O/c1-11-6-7-12(2)14(8-11)15(19)18-10-13(17)9-16(3,4)5/h6-8,13H,9-10,17H2,1-5H3,(H,18,19). The Labute approximate surface area is 116 Å². The summed E-state index contributed by atoms with van der Waals surface area (Å²) in [5.74, 6) is -0.0365. The molecule has 3 nitrogen and oxygen atoms in total. The molecule has 1 amide bonds. The highest BCUT2D eigenvalue weighted by Crippen LogP contribution is 2.19. The number of hydrogen-bond acceptors (Lipinski definition) is 2. The first-order valence-electron chi connectivity index (χ1n) is 6.80. The lowest BCUT2D eigenvalue weighted by atomic mass is 9.88. The van der Waals surface area contributed by atoms with Crippen LogP contribution in [0, 0.1) is 19.3 Å². The molecule has 1 aromatic rings. The van der Waals surface area contributed by atoms with E-state index in [0.717, 1.165) is 23.1 Å². The van der Waals surface area contributed by atoms with Crippen molar-refractivity contribution in [3.63, 3.8) is 0 Å². The van der Waals surface area contributed by atoms with Gasteiger partial charge in [-0.1, -0.05) is 38.5 Å². The average molecular weight is 262 g/mol. The zero-order valence-corrected chi connectivity index (χ0v) is 12.7. The molecule has 0 heterocycles. The Balaban J connectivity index is 2.58. The van der Waals surface area contributed by atoms with Gasteiger partial charge in [0.15, 0.2) is 0 Å². The van der Waals surface area contributed by atoms with Crippen molar-refractivity contribution in [1.82, 2.24) is 5.32 Å². The minimum atomic E-state index is -0.0365. The molecule has 106 valence electrons. The quantitative estimate of drug-likeness (QED) is 0.876. The van der Waals surface area contributed by atoms with Gasteiger partial charge in [0.25, 0.3) is 5.91 Å². The number of hydrogen-bond donors (Lipinski definition) is 2. The number of nitrogens with two attached hydrogens (primary N) is 1. The molecule has 0 spiro atoms. The number of carbonyl (C=O) groups excluding carboxylic acids is 1. The predicted octanol–water partition coefficient (Wildman–Crippen LogP) is 2.80. The SMILES string of the molecule is Cc1ccc(C)c(C(=O)NCC(N)CC(C)(C)C)c1. The van der Waals surface area contributed by atoms with Crippen LogP contribution in [-0.4, -0.2) is 18.5 Å². The van der Waals surface area contributed by atoms with Gasteiger partial charge in [-0.3, -0.25) is 4.79 Å². The first kappa shape index (κ1) is 15.7. The summed E-state index contributed by atoms with van der Waals surface area (Å²) in [5, 5.41) is 2.93. The Morgan fingerprint density at radius 1 is 1.32 bits per heavy atom. The molecule has 1 atom stereocenters. The van der Waals surface area contributed by atoms with Crippen molar-refractivity contribution in [2.75, 3.05) is 6.54 Å². The van der Waals surface area contributed by atoms with E-state index in [-0.39, 0.29) is 17.4 Å². The fourth-order valence-electron chi connectivity index (χ4n) is 2.16. The van der Waals surface area contributed by atoms with Crippen LogP contribution in [0.5, 0.6) is 0 Å². The second-order valence-corrected chi connectivity index (χ2v) is 6.55. The lowest BCUT2D eigenvalue weighted by molar-refractivity contribution is 0.0948. The third kappa shape index (κ3) is 5.43. The van der Waals surface area contributed by atoms with Crippen molar-refractivity contribution in [1.29, 1.82) is 0 Å². The van der Waals surface area contributed by atoms with E-state index in [0.29, 0.717) is 6.54 Å². The predicted molar refractivity (Wildman–Crippen MR) is 80.3 cm³/mol. The molecule has 0 aliphatic carbocycles. The van der Waals surface area contributed by atoms with E-state index in [1.807, 2.05) is 32.0 Å². The zero-order chi connectivity index (χ0) is 14.6. The molecule has 3 N–H and O–H groups in total. The number of rotatable bonds is 4. The molecular formula is C16H26N2O. The molecular weight excluding hydrogens is 236 g/mol. The zero-order valence-electron chi connectivity index (χ0n) is 12.7. The fourth-order valence-corrected chi connectivity index (χ4v) is 2.16. The number of nitrogens with one attached hydrogen (secondary N) is 1. The molecule has 0 aliphatic rings. The van der Waals surface area contributed by atoms with Gasteiger partial charge in [-0.05, 0) is 37.3 Å². The monoisotopic (exact) mass is 262 g/mol. The summed E-state index contributed by atoms with van der Waals surface area (Å²) in [6.07, 6.45) is 0.889. The molecule has 1 rings (SSSR count). The van der Waals surface area contributed by atoms with Gasteiger partial charge in [0, 0.05) is 18.2 Å². The molecule has 0 aliphatic heterocycles. The van der Waals surface area contributed by atoms with Crippen LogP contribution in [0.4, 0.5) is 0 Å². The Kier molecular flexibility index (Phi) is 5.12. The highest BCUT2D eigenvalue weighted by molar-refractivity contribution is 5.95. The Bertz CT molecular complexity index is 447. The first-order chi connectivity index (χ1) is 8.69. The second-order valence-electron chi connectivity index (χ2n) is 6.55. The topological polar surface area (TPSA) is 55.1 Å². The summed E-state index contributed by atoms with van der Waals surface area (Å²) < 4.78 is 0. The van der Waals surface area contributed by atoms with E-state index in [2.05, 4.69) is 26.1 Å². The molecule has 0 radical (unpaired) electrons. The van der Waals surface area contributed by atoms with Gasteiger partial charge >= 0.3 is 0 Å². The summed E-state index contributed by atoms with van der Waals surface area (Å²) >= 11 is 0. The molecule has 0 saturated heterocycles. The number of aryl methyl sites for hydroxylation is 2. The summed E-state index contributed by atoms with van der Waals surface area (Å²) in [5.41, 5.74) is 9.05. The van der Waals surface area contributed by atoms with Crippen molar-refractivity contribution in [2.24, 2.45) is 11.1 Å². The molecule has 0 fully saturated rings. The summed E-state index contributed by atoms with van der Waals surface area (Å²) in [6.45, 7) is 10.9. The minimum absolute atomic E-state index is 0.00550. The van der Waals surface area contributed by atoms with E-state index in [4.69, 9.17) is 5.73 Å². The van der Waals surface area contributed by atoms with E-state index in [9.17, 15) is 4.79 Å². The van der Waals surface area contributed by atoms with Crippen molar-refractivity contribution in [2.45, 2.75) is 47.1 Å². The molecule has 0 bridgehead atoms. The van der Waals surface area contributed by atoms with E-state index in [1.165, 1.54) is 0 Å².